The number of carbonyl (C=O) groups is 1. The third-order valence-electron chi connectivity index (χ3n) is 5.16. The highest BCUT2D eigenvalue weighted by Crippen LogP contribution is 2.43. The maximum atomic E-state index is 12.1. The molecule has 2 fully saturated rings. The maximum absolute atomic E-state index is 12.1. The molecule has 0 radical (unpaired) electrons. The van der Waals surface area contributed by atoms with Crippen LogP contribution in [0.4, 0.5) is 10.7 Å². The lowest BCUT2D eigenvalue weighted by molar-refractivity contribution is -0.200. The lowest BCUT2D eigenvalue weighted by Crippen LogP contribution is -2.34. The third-order valence-corrected chi connectivity index (χ3v) is 5.16. The molecule has 32 heavy (non-hydrogen) atoms. The molecule has 2 aromatic heterocycles. The van der Waals surface area contributed by atoms with Gasteiger partial charge in [-0.25, -0.2) is 9.78 Å². The van der Waals surface area contributed by atoms with Crippen molar-refractivity contribution in [3.8, 4) is 5.75 Å². The van der Waals surface area contributed by atoms with Gasteiger partial charge in [-0.15, -0.1) is 0 Å². The first-order valence-electron chi connectivity index (χ1n) is 9.94. The van der Waals surface area contributed by atoms with Crippen molar-refractivity contribution in [3.05, 3.63) is 47.0 Å². The number of ether oxygens (including phenoxy) is 5. The summed E-state index contributed by atoms with van der Waals surface area (Å²) in [4.78, 5) is 34.9. The molecule has 0 bridgehead atoms. The number of para-hydroxylation sites is 1. The summed E-state index contributed by atoms with van der Waals surface area (Å²) in [7, 11) is 0. The summed E-state index contributed by atoms with van der Waals surface area (Å²) in [6, 6.07) is 8.57. The van der Waals surface area contributed by atoms with Crippen LogP contribution < -0.4 is 16.0 Å². The number of anilines is 1. The Labute approximate surface area is 181 Å². The van der Waals surface area contributed by atoms with Crippen LogP contribution in [0, 0.1) is 0 Å². The van der Waals surface area contributed by atoms with E-state index in [0.29, 0.717) is 5.75 Å². The number of fused-ring (bicyclic) bond motifs is 2. The number of aromatic nitrogens is 4. The predicted octanol–water partition coefficient (Wildman–Crippen LogP) is 1.33. The van der Waals surface area contributed by atoms with Crippen molar-refractivity contribution in [3.63, 3.8) is 0 Å². The maximum Gasteiger partial charge on any atom is 0.513 e. The van der Waals surface area contributed by atoms with E-state index in [9.17, 15) is 9.59 Å². The van der Waals surface area contributed by atoms with Crippen molar-refractivity contribution in [2.75, 3.05) is 12.3 Å². The summed E-state index contributed by atoms with van der Waals surface area (Å²) in [6.07, 6.45) is -1.95. The van der Waals surface area contributed by atoms with E-state index < -0.39 is 42.0 Å². The standard InChI is InChI=1S/C20H21N5O7/c1-20(2)31-13-11(8-28-19(27)29-10-6-4-3-5-7-10)30-17(14(13)32-20)25-9-22-12-15(25)23-18(21)24-16(12)26/h3-7,9,11,13-14,17H,8H2,1-2H3,(H3,21,23,24,26)/t11-,13-,14-,17-/m1/s1. The number of nitrogens with one attached hydrogen (secondary N) is 1. The van der Waals surface area contributed by atoms with E-state index in [1.54, 1.807) is 48.7 Å². The zero-order valence-electron chi connectivity index (χ0n) is 17.3. The highest BCUT2D eigenvalue weighted by atomic mass is 16.8. The molecule has 12 heteroatoms. The van der Waals surface area contributed by atoms with E-state index in [2.05, 4.69) is 15.0 Å². The second-order valence-electron chi connectivity index (χ2n) is 7.88. The van der Waals surface area contributed by atoms with Gasteiger partial charge in [0.25, 0.3) is 5.56 Å². The summed E-state index contributed by atoms with van der Waals surface area (Å²) >= 11 is 0. The Morgan fingerprint density at radius 2 is 2.00 bits per heavy atom. The normalized spacial score (nSPS) is 26.2. The number of aromatic amines is 1. The molecule has 4 atom stereocenters. The fraction of sp³-hybridized carbons (Fsp3) is 0.400. The van der Waals surface area contributed by atoms with Crippen LogP contribution >= 0.6 is 0 Å². The van der Waals surface area contributed by atoms with E-state index >= 15 is 0 Å². The van der Waals surface area contributed by atoms with Gasteiger partial charge in [-0.3, -0.25) is 14.3 Å². The molecule has 0 unspecified atom stereocenters. The number of benzene rings is 1. The molecule has 4 heterocycles. The van der Waals surface area contributed by atoms with Crippen LogP contribution in [0.2, 0.25) is 0 Å². The Morgan fingerprint density at radius 1 is 1.25 bits per heavy atom. The molecule has 2 aliphatic rings. The topological polar surface area (TPSA) is 153 Å². The van der Waals surface area contributed by atoms with E-state index in [1.807, 2.05) is 0 Å². The number of H-pyrrole nitrogens is 1. The smallest absolute Gasteiger partial charge is 0.431 e. The molecule has 0 spiro atoms. The average Bonchev–Trinajstić information content (AvgIpc) is 3.38. The Kier molecular flexibility index (Phi) is 4.84. The minimum Gasteiger partial charge on any atom is -0.431 e. The Hall–Kier alpha value is -3.48. The molecule has 5 rings (SSSR count). The molecule has 3 aromatic rings. The van der Waals surface area contributed by atoms with Crippen LogP contribution in [0.5, 0.6) is 5.75 Å². The first kappa shape index (κ1) is 20.4. The highest BCUT2D eigenvalue weighted by Gasteiger charge is 2.56. The number of rotatable bonds is 4. The molecule has 168 valence electrons. The first-order chi connectivity index (χ1) is 15.3. The average molecular weight is 443 g/mol. The van der Waals surface area contributed by atoms with Crippen molar-refractivity contribution in [2.45, 2.75) is 44.2 Å². The number of carbonyl (C=O) groups excluding carboxylic acids is 1. The Bertz CT molecular complexity index is 1210. The molecule has 3 N–H and O–H groups in total. The monoisotopic (exact) mass is 443 g/mol. The number of imidazole rings is 1. The molecule has 0 saturated carbocycles. The van der Waals surface area contributed by atoms with Gasteiger partial charge in [-0.2, -0.15) is 4.98 Å². The van der Waals surface area contributed by atoms with Crippen molar-refractivity contribution >= 4 is 23.3 Å². The highest BCUT2D eigenvalue weighted by molar-refractivity contribution is 5.70. The molecule has 0 amide bonds. The van der Waals surface area contributed by atoms with E-state index in [4.69, 9.17) is 29.4 Å². The van der Waals surface area contributed by atoms with Crippen LogP contribution in [-0.4, -0.2) is 56.4 Å². The second kappa shape index (κ2) is 7.58. The van der Waals surface area contributed by atoms with Gasteiger partial charge in [0.05, 0.1) is 6.33 Å². The molecule has 1 aromatic carbocycles. The lowest BCUT2D eigenvalue weighted by Gasteiger charge is -2.24. The lowest BCUT2D eigenvalue weighted by atomic mass is 10.1. The van der Waals surface area contributed by atoms with Crippen LogP contribution in [-0.2, 0) is 18.9 Å². The van der Waals surface area contributed by atoms with Gasteiger partial charge in [0.1, 0.15) is 30.7 Å². The van der Waals surface area contributed by atoms with Crippen LogP contribution in [0.25, 0.3) is 11.2 Å². The summed E-state index contributed by atoms with van der Waals surface area (Å²) in [6.45, 7) is 3.42. The van der Waals surface area contributed by atoms with E-state index in [-0.39, 0.29) is 23.7 Å². The fourth-order valence-corrected chi connectivity index (χ4v) is 3.91. The first-order valence-corrected chi connectivity index (χ1v) is 9.94. The number of nitrogen functional groups attached to an aromatic ring is 1. The van der Waals surface area contributed by atoms with Crippen molar-refractivity contribution in [2.24, 2.45) is 0 Å². The van der Waals surface area contributed by atoms with Crippen molar-refractivity contribution < 1.29 is 28.5 Å². The molecule has 2 aliphatic heterocycles. The minimum atomic E-state index is -0.888. The number of nitrogens with two attached hydrogens (primary N) is 1. The molecule has 0 aliphatic carbocycles. The summed E-state index contributed by atoms with van der Waals surface area (Å²) in [5, 5.41) is 0. The SMILES string of the molecule is CC1(C)O[C@@H]2[C@H](O1)[C@@H](COC(=O)Oc1ccccc1)O[C@H]2n1cnc2c(=O)[nH]c(N)nc21. The van der Waals surface area contributed by atoms with Gasteiger partial charge in [0.2, 0.25) is 5.95 Å². The zero-order valence-corrected chi connectivity index (χ0v) is 17.3. The van der Waals surface area contributed by atoms with Crippen molar-refractivity contribution in [1.82, 2.24) is 19.5 Å². The summed E-state index contributed by atoms with van der Waals surface area (Å²) in [5.41, 5.74) is 5.59. The number of hydrogen-bond acceptors (Lipinski definition) is 10. The van der Waals surface area contributed by atoms with Gasteiger partial charge < -0.3 is 29.4 Å². The van der Waals surface area contributed by atoms with Crippen LogP contribution in [0.15, 0.2) is 41.5 Å². The fourth-order valence-electron chi connectivity index (χ4n) is 3.91. The molecular weight excluding hydrogens is 422 g/mol. The number of nitrogens with zero attached hydrogens (tertiary/aromatic N) is 3. The van der Waals surface area contributed by atoms with Gasteiger partial charge in [0, 0.05) is 0 Å². The molecule has 2 saturated heterocycles. The zero-order chi connectivity index (χ0) is 22.5. The number of hydrogen-bond donors (Lipinski definition) is 2. The minimum absolute atomic E-state index is 0.0498. The molecular formula is C20H21N5O7. The Balaban J connectivity index is 1.37. The summed E-state index contributed by atoms with van der Waals surface area (Å²) in [5.74, 6) is -0.576. The van der Waals surface area contributed by atoms with E-state index in [0.717, 1.165) is 0 Å². The van der Waals surface area contributed by atoms with Gasteiger partial charge >= 0.3 is 6.16 Å². The van der Waals surface area contributed by atoms with Gasteiger partial charge in [-0.05, 0) is 26.0 Å². The van der Waals surface area contributed by atoms with Crippen LogP contribution in [0.1, 0.15) is 20.1 Å². The second-order valence-corrected chi connectivity index (χ2v) is 7.88. The predicted molar refractivity (Wildman–Crippen MR) is 109 cm³/mol. The largest absolute Gasteiger partial charge is 0.513 e. The quantitative estimate of drug-likeness (QED) is 0.446. The Morgan fingerprint density at radius 3 is 2.78 bits per heavy atom. The summed E-state index contributed by atoms with van der Waals surface area (Å²) < 4.78 is 30.1. The molecule has 12 nitrogen and oxygen atoms in total. The van der Waals surface area contributed by atoms with Crippen molar-refractivity contribution in [1.29, 1.82) is 0 Å². The van der Waals surface area contributed by atoms with E-state index in [1.165, 1.54) is 6.33 Å². The third kappa shape index (κ3) is 3.68. The van der Waals surface area contributed by atoms with Crippen LogP contribution in [0.3, 0.4) is 0 Å². The van der Waals surface area contributed by atoms with Gasteiger partial charge in [0.15, 0.2) is 23.2 Å². The van der Waals surface area contributed by atoms with Gasteiger partial charge in [-0.1, -0.05) is 18.2 Å².